The van der Waals surface area contributed by atoms with E-state index >= 15 is 0 Å². The van der Waals surface area contributed by atoms with Gasteiger partial charge in [-0.05, 0) is 83.9 Å². The van der Waals surface area contributed by atoms with Crippen LogP contribution in [-0.4, -0.2) is 26.0 Å². The van der Waals surface area contributed by atoms with Gasteiger partial charge in [0, 0.05) is 31.9 Å². The molecule has 1 N–H and O–H groups in total. The number of carbonyl (C=O) groups is 1. The highest BCUT2D eigenvalue weighted by atomic mass is 32.1. The highest BCUT2D eigenvalue weighted by Crippen LogP contribution is 2.35. The monoisotopic (exact) mass is 543 g/mol. The van der Waals surface area contributed by atoms with Gasteiger partial charge in [0.15, 0.2) is 6.20 Å². The minimum Gasteiger partial charge on any atom is -0.486 e. The van der Waals surface area contributed by atoms with Crippen LogP contribution in [0.4, 0.5) is 0 Å². The standard InChI is InChI=1S/C30H17N5O2S2/c1-31-13-11-21-6-8-28(38-21)19-10-14-34-24(15-19)26-17-20(16-25(35-26)23-5-3-4-12-33-23)29-9-7-22(39-29)18-27(32-2)30(36)37/h3-18H,(H,36,37)/b13-11+,27-18+. The maximum Gasteiger partial charge on any atom is 0.333 e. The van der Waals surface area contributed by atoms with Crippen molar-refractivity contribution in [1.82, 2.24) is 15.0 Å². The quantitative estimate of drug-likeness (QED) is 0.167. The molecule has 0 amide bonds. The van der Waals surface area contributed by atoms with Crippen LogP contribution in [0.3, 0.4) is 0 Å². The fourth-order valence-corrected chi connectivity index (χ4v) is 5.58. The second kappa shape index (κ2) is 11.4. The van der Waals surface area contributed by atoms with Gasteiger partial charge in [0.1, 0.15) is 0 Å². The third-order valence-corrected chi connectivity index (χ3v) is 7.71. The van der Waals surface area contributed by atoms with Gasteiger partial charge in [0.2, 0.25) is 0 Å². The van der Waals surface area contributed by atoms with Gasteiger partial charge >= 0.3 is 5.97 Å². The first-order valence-electron chi connectivity index (χ1n) is 11.5. The smallest absolute Gasteiger partial charge is 0.333 e. The number of aromatic nitrogens is 3. The van der Waals surface area contributed by atoms with Crippen molar-refractivity contribution in [2.24, 2.45) is 0 Å². The van der Waals surface area contributed by atoms with Crippen molar-refractivity contribution in [1.29, 1.82) is 0 Å². The zero-order valence-corrected chi connectivity index (χ0v) is 21.8. The van der Waals surface area contributed by atoms with Crippen molar-refractivity contribution in [2.45, 2.75) is 0 Å². The highest BCUT2D eigenvalue weighted by Gasteiger charge is 2.14. The van der Waals surface area contributed by atoms with Crippen LogP contribution in [0.1, 0.15) is 9.75 Å². The summed E-state index contributed by atoms with van der Waals surface area (Å²) < 4.78 is 0. The minimum atomic E-state index is -1.25. The molecule has 0 aliphatic rings. The van der Waals surface area contributed by atoms with Crippen LogP contribution in [0.15, 0.2) is 91.0 Å². The van der Waals surface area contributed by atoms with Crippen molar-refractivity contribution in [2.75, 3.05) is 0 Å². The van der Waals surface area contributed by atoms with E-state index in [1.165, 1.54) is 23.6 Å². The zero-order chi connectivity index (χ0) is 27.2. The number of carboxylic acid groups (broad SMARTS) is 1. The molecule has 5 rings (SSSR count). The molecule has 0 unspecified atom stereocenters. The van der Waals surface area contributed by atoms with Crippen molar-refractivity contribution < 1.29 is 9.90 Å². The summed E-state index contributed by atoms with van der Waals surface area (Å²) in [6.45, 7) is 14.1. The lowest BCUT2D eigenvalue weighted by Crippen LogP contribution is -1.94. The molecule has 0 aliphatic carbocycles. The van der Waals surface area contributed by atoms with Gasteiger partial charge in [-0.1, -0.05) is 6.07 Å². The maximum atomic E-state index is 11.3. The Morgan fingerprint density at radius 3 is 2.21 bits per heavy atom. The van der Waals surface area contributed by atoms with E-state index in [0.29, 0.717) is 27.7 Å². The number of thiophene rings is 2. The Kier molecular flexibility index (Phi) is 7.46. The number of aliphatic carboxylic acids is 1. The number of nitrogens with zero attached hydrogens (tertiary/aromatic N) is 5. The van der Waals surface area contributed by atoms with Crippen LogP contribution in [0, 0.1) is 13.1 Å². The van der Waals surface area contributed by atoms with Gasteiger partial charge < -0.3 is 5.11 Å². The second-order valence-electron chi connectivity index (χ2n) is 8.07. The SMILES string of the molecule is [C-]#[N+]/C=C/c1ccc(-c2ccnc(-c3cc(-c4ccc(/C=C(/[N+]#[C-])C(=O)O)s4)cc(-c4ccccn4)n3)c2)s1. The lowest BCUT2D eigenvalue weighted by molar-refractivity contribution is -0.132. The summed E-state index contributed by atoms with van der Waals surface area (Å²) in [5, 5.41) is 9.21. The average molecular weight is 544 g/mol. The molecule has 5 aromatic heterocycles. The fourth-order valence-electron chi connectivity index (χ4n) is 3.74. The van der Waals surface area contributed by atoms with Crippen LogP contribution in [0.25, 0.3) is 65.5 Å². The third-order valence-electron chi connectivity index (χ3n) is 5.53. The maximum absolute atomic E-state index is 11.3. The summed E-state index contributed by atoms with van der Waals surface area (Å²) in [5.41, 5.74) is 4.27. The molecular weight excluding hydrogens is 526 g/mol. The normalized spacial score (nSPS) is 11.3. The van der Waals surface area contributed by atoms with E-state index in [4.69, 9.17) is 18.1 Å². The Balaban J connectivity index is 1.59. The number of hydrogen-bond donors (Lipinski definition) is 1. The van der Waals surface area contributed by atoms with E-state index in [-0.39, 0.29) is 5.70 Å². The van der Waals surface area contributed by atoms with Crippen LogP contribution in [0.5, 0.6) is 0 Å². The Bertz CT molecular complexity index is 1820. The highest BCUT2D eigenvalue weighted by molar-refractivity contribution is 7.16. The van der Waals surface area contributed by atoms with Gasteiger partial charge in [0.25, 0.3) is 5.70 Å². The minimum absolute atomic E-state index is 0.338. The van der Waals surface area contributed by atoms with Gasteiger partial charge in [-0.25, -0.2) is 14.7 Å². The molecule has 5 aromatic rings. The molecule has 7 nitrogen and oxygen atoms in total. The lowest BCUT2D eigenvalue weighted by Gasteiger charge is -2.09. The van der Waals surface area contributed by atoms with Crippen LogP contribution < -0.4 is 0 Å². The molecule has 0 saturated heterocycles. The molecule has 0 aromatic carbocycles. The largest absolute Gasteiger partial charge is 0.486 e. The first-order valence-corrected chi connectivity index (χ1v) is 13.1. The molecule has 0 saturated carbocycles. The third kappa shape index (κ3) is 5.86. The van der Waals surface area contributed by atoms with Gasteiger partial charge in [-0.2, -0.15) is 0 Å². The molecule has 0 bridgehead atoms. The van der Waals surface area contributed by atoms with E-state index in [9.17, 15) is 9.90 Å². The first kappa shape index (κ1) is 25.4. The lowest BCUT2D eigenvalue weighted by atomic mass is 10.1. The van der Waals surface area contributed by atoms with E-state index in [1.54, 1.807) is 35.9 Å². The number of hydrogen-bond acceptors (Lipinski definition) is 6. The molecule has 9 heteroatoms. The molecule has 5 heterocycles. The molecule has 0 atom stereocenters. The molecule has 0 aliphatic heterocycles. The van der Waals surface area contributed by atoms with Gasteiger partial charge in [-0.3, -0.25) is 14.8 Å². The molecular formula is C30H17N5O2S2. The summed E-state index contributed by atoms with van der Waals surface area (Å²) in [5.74, 6) is -1.25. The van der Waals surface area contributed by atoms with E-state index in [1.807, 2.05) is 60.7 Å². The van der Waals surface area contributed by atoms with Crippen molar-refractivity contribution >= 4 is 40.8 Å². The zero-order valence-electron chi connectivity index (χ0n) is 20.1. The predicted molar refractivity (Wildman–Crippen MR) is 155 cm³/mol. The Hall–Kier alpha value is -5.22. The van der Waals surface area contributed by atoms with E-state index < -0.39 is 5.97 Å². The van der Waals surface area contributed by atoms with Crippen molar-refractivity contribution in [3.63, 3.8) is 0 Å². The van der Waals surface area contributed by atoms with Crippen LogP contribution >= 0.6 is 22.7 Å². The Morgan fingerprint density at radius 1 is 0.795 bits per heavy atom. The summed E-state index contributed by atoms with van der Waals surface area (Å²) in [6, 6.07) is 21.1. The molecule has 39 heavy (non-hydrogen) atoms. The summed E-state index contributed by atoms with van der Waals surface area (Å²) in [4.78, 5) is 35.2. The number of pyridine rings is 3. The Labute approximate surface area is 232 Å². The van der Waals surface area contributed by atoms with Crippen molar-refractivity contribution in [3.05, 3.63) is 124 Å². The van der Waals surface area contributed by atoms with E-state index in [2.05, 4.69) is 19.7 Å². The summed E-state index contributed by atoms with van der Waals surface area (Å²) in [7, 11) is 0. The van der Waals surface area contributed by atoms with Crippen LogP contribution in [-0.2, 0) is 4.79 Å². The molecule has 186 valence electrons. The van der Waals surface area contributed by atoms with Gasteiger partial charge in [0.05, 0.1) is 35.9 Å². The van der Waals surface area contributed by atoms with Crippen molar-refractivity contribution in [3.8, 4) is 43.7 Å². The summed E-state index contributed by atoms with van der Waals surface area (Å²) in [6.07, 6.45) is 8.07. The fraction of sp³-hybridized carbons (Fsp3) is 0. The Morgan fingerprint density at radius 2 is 1.49 bits per heavy atom. The molecule has 0 spiro atoms. The number of rotatable bonds is 7. The van der Waals surface area contributed by atoms with Crippen LogP contribution in [0.2, 0.25) is 0 Å². The predicted octanol–water partition coefficient (Wildman–Crippen LogP) is 7.90. The van der Waals surface area contributed by atoms with E-state index in [0.717, 1.165) is 25.8 Å². The molecule has 0 radical (unpaired) electrons. The second-order valence-corrected chi connectivity index (χ2v) is 10.3. The summed E-state index contributed by atoms with van der Waals surface area (Å²) >= 11 is 2.97. The average Bonchev–Trinajstić information content (AvgIpc) is 3.65. The number of carboxylic acids is 1. The molecule has 0 fully saturated rings. The topological polar surface area (TPSA) is 84.7 Å². The first-order chi connectivity index (χ1) is 19.0. The van der Waals surface area contributed by atoms with Gasteiger partial charge in [-0.15, -0.1) is 22.7 Å².